The SMILES string of the molecule is N#Cc1ccc(NCCCN2CC3CC(C2)CN(Cc2ccc(F)cc2)C3)cc1. The molecule has 2 aliphatic rings. The van der Waals surface area contributed by atoms with E-state index in [-0.39, 0.29) is 5.82 Å². The van der Waals surface area contributed by atoms with Crippen LogP contribution in [0.1, 0.15) is 24.0 Å². The van der Waals surface area contributed by atoms with Crippen LogP contribution in [0.2, 0.25) is 0 Å². The summed E-state index contributed by atoms with van der Waals surface area (Å²) >= 11 is 0. The summed E-state index contributed by atoms with van der Waals surface area (Å²) in [6.07, 6.45) is 2.47. The van der Waals surface area contributed by atoms with Crippen molar-refractivity contribution in [2.24, 2.45) is 11.8 Å². The van der Waals surface area contributed by atoms with E-state index in [0.717, 1.165) is 56.7 Å². The maximum absolute atomic E-state index is 13.1. The molecule has 0 spiro atoms. The summed E-state index contributed by atoms with van der Waals surface area (Å²) in [7, 11) is 0. The normalized spacial score (nSPS) is 22.2. The Morgan fingerprint density at radius 3 is 2.24 bits per heavy atom. The summed E-state index contributed by atoms with van der Waals surface area (Å²) in [5, 5.41) is 12.3. The number of hydrogen-bond acceptors (Lipinski definition) is 4. The molecule has 2 saturated heterocycles. The molecule has 2 aliphatic heterocycles. The van der Waals surface area contributed by atoms with Gasteiger partial charge in [-0.1, -0.05) is 12.1 Å². The minimum atomic E-state index is -0.159. The van der Waals surface area contributed by atoms with Crippen molar-refractivity contribution in [2.45, 2.75) is 19.4 Å². The second-order valence-corrected chi connectivity index (χ2v) is 8.52. The highest BCUT2D eigenvalue weighted by molar-refractivity contribution is 5.47. The van der Waals surface area contributed by atoms with Crippen LogP contribution in [0, 0.1) is 29.0 Å². The second-order valence-electron chi connectivity index (χ2n) is 8.52. The first kappa shape index (κ1) is 19.9. The summed E-state index contributed by atoms with van der Waals surface area (Å²) in [4.78, 5) is 5.18. The highest BCUT2D eigenvalue weighted by atomic mass is 19.1. The Kier molecular flexibility index (Phi) is 6.43. The van der Waals surface area contributed by atoms with E-state index in [1.54, 1.807) is 12.1 Å². The van der Waals surface area contributed by atoms with Gasteiger partial charge in [0.15, 0.2) is 0 Å². The van der Waals surface area contributed by atoms with Crippen molar-refractivity contribution in [1.82, 2.24) is 9.80 Å². The summed E-state index contributed by atoms with van der Waals surface area (Å²) in [5.74, 6) is 1.33. The molecular weight excluding hydrogens is 363 g/mol. The molecule has 4 rings (SSSR count). The number of halogens is 1. The predicted molar refractivity (Wildman–Crippen MR) is 114 cm³/mol. The van der Waals surface area contributed by atoms with Gasteiger partial charge in [0.05, 0.1) is 11.6 Å². The van der Waals surface area contributed by atoms with Gasteiger partial charge in [-0.3, -0.25) is 4.90 Å². The molecule has 0 aliphatic carbocycles. The molecule has 2 fully saturated rings. The Morgan fingerprint density at radius 1 is 0.931 bits per heavy atom. The topological polar surface area (TPSA) is 42.3 Å². The van der Waals surface area contributed by atoms with Crippen molar-refractivity contribution in [3.05, 3.63) is 65.5 Å². The van der Waals surface area contributed by atoms with Crippen molar-refractivity contribution in [2.75, 3.05) is 44.6 Å². The van der Waals surface area contributed by atoms with Gasteiger partial charge in [0.25, 0.3) is 0 Å². The molecule has 29 heavy (non-hydrogen) atoms. The molecule has 152 valence electrons. The lowest BCUT2D eigenvalue weighted by atomic mass is 9.84. The maximum atomic E-state index is 13.1. The van der Waals surface area contributed by atoms with Gasteiger partial charge < -0.3 is 10.2 Å². The summed E-state index contributed by atoms with van der Waals surface area (Å²) in [5.41, 5.74) is 2.98. The van der Waals surface area contributed by atoms with Crippen molar-refractivity contribution >= 4 is 5.69 Å². The van der Waals surface area contributed by atoms with Crippen LogP contribution in [-0.4, -0.2) is 49.1 Å². The van der Waals surface area contributed by atoms with Gasteiger partial charge >= 0.3 is 0 Å². The predicted octanol–water partition coefficient (Wildman–Crippen LogP) is 3.95. The number of piperidine rings is 2. The van der Waals surface area contributed by atoms with Crippen molar-refractivity contribution < 1.29 is 4.39 Å². The summed E-state index contributed by atoms with van der Waals surface area (Å²) in [6, 6.07) is 16.7. The third-order valence-electron chi connectivity index (χ3n) is 6.05. The first-order valence-electron chi connectivity index (χ1n) is 10.6. The van der Waals surface area contributed by atoms with Gasteiger partial charge in [0, 0.05) is 45.0 Å². The Balaban J connectivity index is 1.19. The fourth-order valence-corrected chi connectivity index (χ4v) is 4.85. The van der Waals surface area contributed by atoms with Crippen LogP contribution in [0.25, 0.3) is 0 Å². The molecule has 2 atom stereocenters. The molecule has 0 saturated carbocycles. The number of nitriles is 1. The molecule has 4 nitrogen and oxygen atoms in total. The average Bonchev–Trinajstić information content (AvgIpc) is 2.73. The number of benzene rings is 2. The molecule has 2 bridgehead atoms. The number of nitrogens with one attached hydrogen (secondary N) is 1. The Labute approximate surface area is 172 Å². The second kappa shape index (κ2) is 9.39. The molecule has 0 amide bonds. The lowest BCUT2D eigenvalue weighted by molar-refractivity contribution is 0.0276. The molecular formula is C24H29FN4. The third-order valence-corrected chi connectivity index (χ3v) is 6.05. The van der Waals surface area contributed by atoms with E-state index in [9.17, 15) is 4.39 Å². The third kappa shape index (κ3) is 5.56. The molecule has 5 heteroatoms. The molecule has 2 heterocycles. The van der Waals surface area contributed by atoms with E-state index in [1.165, 1.54) is 25.1 Å². The minimum absolute atomic E-state index is 0.159. The monoisotopic (exact) mass is 392 g/mol. The lowest BCUT2D eigenvalue weighted by Gasteiger charge is -2.46. The Hall–Kier alpha value is -2.42. The van der Waals surface area contributed by atoms with Gasteiger partial charge in [-0.05, 0) is 73.2 Å². The van der Waals surface area contributed by atoms with Crippen LogP contribution in [0.3, 0.4) is 0 Å². The van der Waals surface area contributed by atoms with E-state index in [1.807, 2.05) is 36.4 Å². The zero-order valence-corrected chi connectivity index (χ0v) is 16.9. The van der Waals surface area contributed by atoms with Gasteiger partial charge in [-0.25, -0.2) is 4.39 Å². The van der Waals surface area contributed by atoms with Gasteiger partial charge in [-0.2, -0.15) is 5.26 Å². The molecule has 0 aromatic heterocycles. The number of rotatable bonds is 7. The molecule has 2 unspecified atom stereocenters. The van der Waals surface area contributed by atoms with Gasteiger partial charge in [0.2, 0.25) is 0 Å². The van der Waals surface area contributed by atoms with Crippen molar-refractivity contribution in [1.29, 1.82) is 5.26 Å². The number of likely N-dealkylation sites (tertiary alicyclic amines) is 2. The van der Waals surface area contributed by atoms with Crippen LogP contribution >= 0.6 is 0 Å². The molecule has 0 radical (unpaired) electrons. The molecule has 2 aromatic rings. The van der Waals surface area contributed by atoms with E-state index >= 15 is 0 Å². The number of hydrogen-bond donors (Lipinski definition) is 1. The van der Waals surface area contributed by atoms with E-state index < -0.39 is 0 Å². The van der Waals surface area contributed by atoms with E-state index in [2.05, 4.69) is 21.2 Å². The van der Waals surface area contributed by atoms with Gasteiger partial charge in [0.1, 0.15) is 5.82 Å². The van der Waals surface area contributed by atoms with E-state index in [0.29, 0.717) is 5.56 Å². The molecule has 1 N–H and O–H groups in total. The first-order valence-corrected chi connectivity index (χ1v) is 10.6. The fourth-order valence-electron chi connectivity index (χ4n) is 4.85. The average molecular weight is 393 g/mol. The molecule has 2 aromatic carbocycles. The maximum Gasteiger partial charge on any atom is 0.123 e. The quantitative estimate of drug-likeness (QED) is 0.725. The number of anilines is 1. The zero-order chi connectivity index (χ0) is 20.1. The summed E-state index contributed by atoms with van der Waals surface area (Å²) in [6.45, 7) is 7.69. The van der Waals surface area contributed by atoms with E-state index in [4.69, 9.17) is 5.26 Å². The van der Waals surface area contributed by atoms with Crippen molar-refractivity contribution in [3.8, 4) is 6.07 Å². The Morgan fingerprint density at radius 2 is 1.59 bits per heavy atom. The number of nitrogens with zero attached hydrogens (tertiary/aromatic N) is 3. The Bertz CT molecular complexity index is 813. The smallest absolute Gasteiger partial charge is 0.123 e. The standard InChI is InChI=1S/C24H29FN4/c25-23-6-2-20(3-7-23)14-29-17-21-12-22(18-29)16-28(15-21)11-1-10-27-24-8-4-19(13-26)5-9-24/h2-9,21-22,27H,1,10-12,14-18H2. The highest BCUT2D eigenvalue weighted by Crippen LogP contribution is 2.29. The minimum Gasteiger partial charge on any atom is -0.385 e. The van der Waals surface area contributed by atoms with Crippen LogP contribution in [-0.2, 0) is 6.54 Å². The van der Waals surface area contributed by atoms with Crippen LogP contribution in [0.4, 0.5) is 10.1 Å². The number of fused-ring (bicyclic) bond motifs is 2. The van der Waals surface area contributed by atoms with Crippen LogP contribution in [0.5, 0.6) is 0 Å². The zero-order valence-electron chi connectivity index (χ0n) is 16.9. The van der Waals surface area contributed by atoms with Crippen LogP contribution in [0.15, 0.2) is 48.5 Å². The van der Waals surface area contributed by atoms with Crippen LogP contribution < -0.4 is 5.32 Å². The highest BCUT2D eigenvalue weighted by Gasteiger charge is 2.33. The fraction of sp³-hybridized carbons (Fsp3) is 0.458. The first-order chi connectivity index (χ1) is 14.2. The summed E-state index contributed by atoms with van der Waals surface area (Å²) < 4.78 is 13.1. The lowest BCUT2D eigenvalue weighted by Crippen LogP contribution is -2.52. The largest absolute Gasteiger partial charge is 0.385 e. The van der Waals surface area contributed by atoms with Gasteiger partial charge in [-0.15, -0.1) is 0 Å². The van der Waals surface area contributed by atoms with Crippen molar-refractivity contribution in [3.63, 3.8) is 0 Å².